The van der Waals surface area contributed by atoms with Crippen molar-refractivity contribution >= 4 is 27.5 Å². The Kier molecular flexibility index (Phi) is 5.23. The third-order valence-corrected chi connectivity index (χ3v) is 5.48. The highest BCUT2D eigenvalue weighted by Gasteiger charge is 2.23. The van der Waals surface area contributed by atoms with Crippen LogP contribution in [0.1, 0.15) is 44.6 Å². The highest BCUT2D eigenvalue weighted by Crippen LogP contribution is 2.31. The third kappa shape index (κ3) is 3.17. The Balaban J connectivity index is 2.26. The lowest BCUT2D eigenvalue weighted by molar-refractivity contribution is -0.140. The van der Waals surface area contributed by atoms with Crippen LogP contribution in [0.5, 0.6) is 0 Å². The Labute approximate surface area is 155 Å². The highest BCUT2D eigenvalue weighted by molar-refractivity contribution is 7.17. The lowest BCUT2D eigenvalue weighted by atomic mass is 10.0. The molecule has 5 nitrogen and oxygen atoms in total. The molecule has 0 spiro atoms. The van der Waals surface area contributed by atoms with Gasteiger partial charge in [-0.2, -0.15) is 0 Å². The SMILES string of the molecule is CCCc1nc2scc(-c3ccc(CC)cc3)c2c(=O)n1C(C)C(=O)O. The number of aryl methyl sites for hydroxylation is 2. The Hall–Kier alpha value is -2.47. The van der Waals surface area contributed by atoms with E-state index in [9.17, 15) is 14.7 Å². The summed E-state index contributed by atoms with van der Waals surface area (Å²) in [5, 5.41) is 11.9. The minimum absolute atomic E-state index is 0.274. The molecule has 0 saturated heterocycles. The molecule has 6 heteroatoms. The topological polar surface area (TPSA) is 72.2 Å². The molecule has 0 amide bonds. The number of fused-ring (bicyclic) bond motifs is 1. The number of benzene rings is 1. The molecule has 136 valence electrons. The lowest BCUT2D eigenvalue weighted by Crippen LogP contribution is -2.31. The first-order chi connectivity index (χ1) is 12.5. The maximum absolute atomic E-state index is 13.2. The second kappa shape index (κ2) is 7.41. The summed E-state index contributed by atoms with van der Waals surface area (Å²) in [5.41, 5.74) is 2.72. The zero-order valence-corrected chi connectivity index (χ0v) is 16.0. The average molecular weight is 370 g/mol. The van der Waals surface area contributed by atoms with Gasteiger partial charge in [-0.05, 0) is 30.9 Å². The van der Waals surface area contributed by atoms with Crippen molar-refractivity contribution in [3.63, 3.8) is 0 Å². The molecule has 2 heterocycles. The molecule has 0 radical (unpaired) electrons. The van der Waals surface area contributed by atoms with Crippen molar-refractivity contribution in [2.45, 2.75) is 46.1 Å². The van der Waals surface area contributed by atoms with Crippen LogP contribution < -0.4 is 5.56 Å². The van der Waals surface area contributed by atoms with Crippen LogP contribution in [0.4, 0.5) is 0 Å². The van der Waals surface area contributed by atoms with E-state index < -0.39 is 12.0 Å². The van der Waals surface area contributed by atoms with Crippen molar-refractivity contribution < 1.29 is 9.90 Å². The summed E-state index contributed by atoms with van der Waals surface area (Å²) in [7, 11) is 0. The van der Waals surface area contributed by atoms with Crippen LogP contribution >= 0.6 is 11.3 Å². The number of aliphatic carboxylic acids is 1. The molecule has 0 aliphatic heterocycles. The maximum atomic E-state index is 13.2. The van der Waals surface area contributed by atoms with Crippen molar-refractivity contribution in [3.8, 4) is 11.1 Å². The van der Waals surface area contributed by atoms with E-state index in [-0.39, 0.29) is 5.56 Å². The Morgan fingerprint density at radius 1 is 1.27 bits per heavy atom. The van der Waals surface area contributed by atoms with E-state index in [4.69, 9.17) is 0 Å². The first-order valence-corrected chi connectivity index (χ1v) is 9.70. The largest absolute Gasteiger partial charge is 0.480 e. The van der Waals surface area contributed by atoms with E-state index >= 15 is 0 Å². The summed E-state index contributed by atoms with van der Waals surface area (Å²) in [6.45, 7) is 5.61. The fourth-order valence-electron chi connectivity index (χ4n) is 3.09. The summed E-state index contributed by atoms with van der Waals surface area (Å²) >= 11 is 1.43. The number of aromatic nitrogens is 2. The van der Waals surface area contributed by atoms with Gasteiger partial charge >= 0.3 is 5.97 Å². The first-order valence-electron chi connectivity index (χ1n) is 8.82. The number of rotatable bonds is 6. The summed E-state index contributed by atoms with van der Waals surface area (Å²) in [4.78, 5) is 30.0. The van der Waals surface area contributed by atoms with Crippen LogP contribution in [-0.2, 0) is 17.6 Å². The molecule has 1 unspecified atom stereocenters. The predicted octanol–water partition coefficient (Wildman–Crippen LogP) is 4.29. The van der Waals surface area contributed by atoms with Crippen LogP contribution in [0.3, 0.4) is 0 Å². The predicted molar refractivity (Wildman–Crippen MR) is 105 cm³/mol. The Morgan fingerprint density at radius 2 is 1.96 bits per heavy atom. The van der Waals surface area contributed by atoms with E-state index in [2.05, 4.69) is 24.0 Å². The zero-order valence-electron chi connectivity index (χ0n) is 15.2. The van der Waals surface area contributed by atoms with Gasteiger partial charge in [0.1, 0.15) is 16.7 Å². The number of carboxylic acids is 1. The third-order valence-electron chi connectivity index (χ3n) is 4.60. The molecule has 0 aliphatic carbocycles. The molecule has 3 aromatic rings. The van der Waals surface area contributed by atoms with Crippen molar-refractivity contribution in [2.24, 2.45) is 0 Å². The van der Waals surface area contributed by atoms with Crippen LogP contribution in [-0.4, -0.2) is 20.6 Å². The van der Waals surface area contributed by atoms with Gasteiger partial charge in [0.2, 0.25) is 0 Å². The number of thiophene rings is 1. The number of carboxylic acid groups (broad SMARTS) is 1. The van der Waals surface area contributed by atoms with E-state index in [1.54, 1.807) is 0 Å². The number of hydrogen-bond donors (Lipinski definition) is 1. The van der Waals surface area contributed by atoms with E-state index in [0.717, 1.165) is 24.0 Å². The molecule has 2 aromatic heterocycles. The molecule has 1 aromatic carbocycles. The second-order valence-electron chi connectivity index (χ2n) is 6.35. The van der Waals surface area contributed by atoms with Crippen molar-refractivity contribution in [2.75, 3.05) is 0 Å². The van der Waals surface area contributed by atoms with Crippen molar-refractivity contribution in [3.05, 3.63) is 51.4 Å². The lowest BCUT2D eigenvalue weighted by Gasteiger charge is -2.16. The van der Waals surface area contributed by atoms with Crippen LogP contribution in [0.25, 0.3) is 21.3 Å². The molecule has 0 bridgehead atoms. The van der Waals surface area contributed by atoms with E-state index in [1.807, 2.05) is 24.4 Å². The molecule has 3 rings (SSSR count). The maximum Gasteiger partial charge on any atom is 0.326 e. The van der Waals surface area contributed by atoms with Crippen LogP contribution in [0.15, 0.2) is 34.4 Å². The molecule has 0 fully saturated rings. The van der Waals surface area contributed by atoms with Crippen molar-refractivity contribution in [1.29, 1.82) is 0 Å². The highest BCUT2D eigenvalue weighted by atomic mass is 32.1. The average Bonchev–Trinajstić information content (AvgIpc) is 3.06. The van der Waals surface area contributed by atoms with Crippen LogP contribution in [0, 0.1) is 0 Å². The Morgan fingerprint density at radius 3 is 2.54 bits per heavy atom. The smallest absolute Gasteiger partial charge is 0.326 e. The minimum Gasteiger partial charge on any atom is -0.480 e. The van der Waals surface area contributed by atoms with Gasteiger partial charge in [0, 0.05) is 17.4 Å². The first kappa shape index (κ1) is 18.3. The van der Waals surface area contributed by atoms with Gasteiger partial charge in [-0.3, -0.25) is 9.36 Å². The minimum atomic E-state index is -1.03. The van der Waals surface area contributed by atoms with Gasteiger partial charge in [-0.1, -0.05) is 38.1 Å². The number of carbonyl (C=O) groups is 1. The number of hydrogen-bond acceptors (Lipinski definition) is 4. The van der Waals surface area contributed by atoms with Gasteiger partial charge < -0.3 is 5.11 Å². The van der Waals surface area contributed by atoms with E-state index in [0.29, 0.717) is 22.5 Å². The summed E-state index contributed by atoms with van der Waals surface area (Å²) in [5.74, 6) is -0.496. The second-order valence-corrected chi connectivity index (χ2v) is 7.21. The quantitative estimate of drug-likeness (QED) is 0.703. The summed E-state index contributed by atoms with van der Waals surface area (Å²) < 4.78 is 1.34. The van der Waals surface area contributed by atoms with Crippen molar-refractivity contribution in [1.82, 2.24) is 9.55 Å². The van der Waals surface area contributed by atoms with Gasteiger partial charge in [0.15, 0.2) is 0 Å². The monoisotopic (exact) mass is 370 g/mol. The zero-order chi connectivity index (χ0) is 18.8. The van der Waals surface area contributed by atoms with Gasteiger partial charge in [0.05, 0.1) is 5.39 Å². The molecular weight excluding hydrogens is 348 g/mol. The molecule has 26 heavy (non-hydrogen) atoms. The van der Waals surface area contributed by atoms with Crippen LogP contribution in [0.2, 0.25) is 0 Å². The van der Waals surface area contributed by atoms with E-state index in [1.165, 1.54) is 28.4 Å². The molecular formula is C20H22N2O3S. The van der Waals surface area contributed by atoms with Gasteiger partial charge in [0.25, 0.3) is 5.56 Å². The summed E-state index contributed by atoms with van der Waals surface area (Å²) in [6.07, 6.45) is 2.32. The summed E-state index contributed by atoms with van der Waals surface area (Å²) in [6, 6.07) is 7.16. The Bertz CT molecular complexity index is 1000. The molecule has 1 N–H and O–H groups in total. The fourth-order valence-corrected chi connectivity index (χ4v) is 4.04. The van der Waals surface area contributed by atoms with Gasteiger partial charge in [-0.15, -0.1) is 11.3 Å². The number of nitrogens with zero attached hydrogens (tertiary/aromatic N) is 2. The fraction of sp³-hybridized carbons (Fsp3) is 0.350. The van der Waals surface area contributed by atoms with Gasteiger partial charge in [-0.25, -0.2) is 9.78 Å². The molecule has 0 saturated carbocycles. The molecule has 0 aliphatic rings. The standard InChI is InChI=1S/C20H22N2O3S/c1-4-6-16-21-18-17(19(23)22(16)12(3)20(24)25)15(11-26-18)14-9-7-13(5-2)8-10-14/h7-12H,4-6H2,1-3H3,(H,24,25). The molecule has 1 atom stereocenters. The normalized spacial score (nSPS) is 12.4.